The van der Waals surface area contributed by atoms with Gasteiger partial charge in [0.15, 0.2) is 0 Å². The van der Waals surface area contributed by atoms with E-state index >= 15 is 0 Å². The minimum atomic E-state index is -0.771. The molecular weight excluding hydrogens is 207 g/mol. The molecule has 0 saturated carbocycles. The molecule has 0 amide bonds. The topological polar surface area (TPSA) is 0 Å². The van der Waals surface area contributed by atoms with E-state index in [1.165, 1.54) is 0 Å². The van der Waals surface area contributed by atoms with Crippen LogP contribution in [0, 0.1) is 0 Å². The fourth-order valence-electron chi connectivity index (χ4n) is 2.76. The molecule has 0 heterocycles. The predicted octanol–water partition coefficient (Wildman–Crippen LogP) is 4.98. The van der Waals surface area contributed by atoms with Gasteiger partial charge >= 0.3 is 0 Å². The van der Waals surface area contributed by atoms with Gasteiger partial charge in [0.1, 0.15) is 0 Å². The maximum Gasteiger partial charge on any atom is -0.00433 e. The summed E-state index contributed by atoms with van der Waals surface area (Å²) in [6.07, 6.45) is 0. The van der Waals surface area contributed by atoms with Gasteiger partial charge in [0.25, 0.3) is 0 Å². The highest BCUT2D eigenvalue weighted by Gasteiger charge is 2.49. The van der Waals surface area contributed by atoms with Crippen LogP contribution in [0.2, 0.25) is 0 Å². The number of rotatable bonds is 0. The third-order valence-electron chi connectivity index (χ3n) is 2.90. The van der Waals surface area contributed by atoms with Crippen molar-refractivity contribution in [3.63, 3.8) is 0 Å². The fourth-order valence-corrected chi connectivity index (χ4v) is 8.27. The molecule has 88 valence electrons. The molecular formula is C12H29PS. The van der Waals surface area contributed by atoms with E-state index in [1.54, 1.807) is 0 Å². The molecule has 0 aliphatic heterocycles. The summed E-state index contributed by atoms with van der Waals surface area (Å²) in [6.45, 7) is 21.4. The Morgan fingerprint density at radius 1 is 0.571 bits per heavy atom. The Labute approximate surface area is 94.9 Å². The predicted molar refractivity (Wildman–Crippen MR) is 76.6 cm³/mol. The Balaban J connectivity index is 5.54. The van der Waals surface area contributed by atoms with Crippen molar-refractivity contribution < 1.29 is 0 Å². The van der Waals surface area contributed by atoms with Crippen molar-refractivity contribution in [3.8, 4) is 0 Å². The lowest BCUT2D eigenvalue weighted by Gasteiger charge is -2.64. The molecule has 0 aromatic carbocycles. The van der Waals surface area contributed by atoms with Crippen LogP contribution in [0.4, 0.5) is 0 Å². The van der Waals surface area contributed by atoms with Crippen molar-refractivity contribution in [2.24, 2.45) is 0 Å². The van der Waals surface area contributed by atoms with E-state index in [0.717, 1.165) is 0 Å². The zero-order chi connectivity index (χ0) is 12.0. The van der Waals surface area contributed by atoms with E-state index in [-0.39, 0.29) is 0 Å². The van der Waals surface area contributed by atoms with Crippen molar-refractivity contribution in [3.05, 3.63) is 0 Å². The average Bonchev–Trinajstić information content (AvgIpc) is 1.77. The molecule has 14 heavy (non-hydrogen) atoms. The summed E-state index contributed by atoms with van der Waals surface area (Å²) in [4.78, 5) is 0. The van der Waals surface area contributed by atoms with Gasteiger partial charge in [0, 0.05) is 0 Å². The summed E-state index contributed by atoms with van der Waals surface area (Å²) in [6, 6.07) is 0. The molecule has 0 N–H and O–H groups in total. The molecule has 0 bridgehead atoms. The summed E-state index contributed by atoms with van der Waals surface area (Å²) in [5.74, 6) is 0. The first kappa shape index (κ1) is 14.8. The normalized spacial score (nSPS) is 17.0. The molecule has 1 unspecified atom stereocenters. The van der Waals surface area contributed by atoms with Crippen molar-refractivity contribution in [1.82, 2.24) is 0 Å². The molecule has 1 atom stereocenters. The van der Waals surface area contributed by atoms with Gasteiger partial charge in [-0.25, -0.2) is 9.65 Å². The third kappa shape index (κ3) is 2.30. The van der Waals surface area contributed by atoms with E-state index in [1.807, 2.05) is 0 Å². The standard InChI is InChI=1S/C12H29PS/c1-10(2,3)14(13,11(4,5)6)12(7,8)9/h13H2,1-9H3. The average molecular weight is 236 g/mol. The molecule has 0 saturated heterocycles. The van der Waals surface area contributed by atoms with E-state index in [9.17, 15) is 0 Å². The van der Waals surface area contributed by atoms with Crippen LogP contribution >= 0.6 is 18.1 Å². The summed E-state index contributed by atoms with van der Waals surface area (Å²) in [7, 11) is 2.47. The van der Waals surface area contributed by atoms with Crippen molar-refractivity contribution in [1.29, 1.82) is 0 Å². The summed E-state index contributed by atoms with van der Waals surface area (Å²) in [5.41, 5.74) is 0. The minimum Gasteiger partial charge on any atom is -0.211 e. The van der Waals surface area contributed by atoms with Gasteiger partial charge in [-0.2, -0.15) is 0 Å². The van der Waals surface area contributed by atoms with Gasteiger partial charge in [-0.05, 0) is 14.2 Å². The van der Waals surface area contributed by atoms with Gasteiger partial charge in [0.05, 0.1) is 0 Å². The Kier molecular flexibility index (Phi) is 3.87. The second-order valence-corrected chi connectivity index (χ2v) is 14.1. The maximum atomic E-state index is 3.24. The van der Waals surface area contributed by atoms with Gasteiger partial charge in [-0.15, -0.1) is 0 Å². The lowest BCUT2D eigenvalue weighted by Crippen LogP contribution is -2.44. The first-order valence-electron chi connectivity index (χ1n) is 5.35. The lowest BCUT2D eigenvalue weighted by molar-refractivity contribution is 0.662. The van der Waals surface area contributed by atoms with Crippen LogP contribution < -0.4 is 0 Å². The van der Waals surface area contributed by atoms with Crippen molar-refractivity contribution >= 4 is 18.1 Å². The van der Waals surface area contributed by atoms with Crippen LogP contribution in [0.25, 0.3) is 0 Å². The molecule has 0 radical (unpaired) electrons. The molecule has 0 rings (SSSR count). The molecule has 0 aliphatic carbocycles. The molecule has 0 spiro atoms. The molecule has 0 nitrogen and oxygen atoms in total. The Bertz CT molecular complexity index is 164. The van der Waals surface area contributed by atoms with Gasteiger partial charge in [0.2, 0.25) is 0 Å². The monoisotopic (exact) mass is 236 g/mol. The van der Waals surface area contributed by atoms with Gasteiger partial charge < -0.3 is 0 Å². The highest BCUT2D eigenvalue weighted by molar-refractivity contribution is 8.70. The fraction of sp³-hybridized carbons (Fsp3) is 1.00. The largest absolute Gasteiger partial charge is 0.211 e. The van der Waals surface area contributed by atoms with Crippen LogP contribution in [0.1, 0.15) is 62.3 Å². The maximum absolute atomic E-state index is 3.24. The van der Waals surface area contributed by atoms with E-state index in [0.29, 0.717) is 14.2 Å². The molecule has 0 fully saturated rings. The first-order chi connectivity index (χ1) is 5.75. The SMILES string of the molecule is CC(C)(C)S(P)(C(C)(C)C)C(C)(C)C. The zero-order valence-corrected chi connectivity index (χ0v) is 13.5. The Morgan fingerprint density at radius 3 is 0.714 bits per heavy atom. The molecule has 0 aromatic heterocycles. The van der Waals surface area contributed by atoms with Gasteiger partial charge in [-0.1, -0.05) is 70.8 Å². The van der Waals surface area contributed by atoms with Crippen LogP contribution in [-0.2, 0) is 0 Å². The highest BCUT2D eigenvalue weighted by Crippen LogP contribution is 2.79. The highest BCUT2D eigenvalue weighted by atomic mass is 32.8. The summed E-state index contributed by atoms with van der Waals surface area (Å²) < 4.78 is 1.11. The Morgan fingerprint density at radius 2 is 0.714 bits per heavy atom. The minimum absolute atomic E-state index is 0.369. The van der Waals surface area contributed by atoms with E-state index < -0.39 is 9.65 Å². The summed E-state index contributed by atoms with van der Waals surface area (Å²) >= 11 is 0. The van der Waals surface area contributed by atoms with Crippen LogP contribution in [-0.4, -0.2) is 14.2 Å². The van der Waals surface area contributed by atoms with E-state index in [4.69, 9.17) is 0 Å². The smallest absolute Gasteiger partial charge is 0.00433 e. The molecule has 2 heteroatoms. The lowest BCUT2D eigenvalue weighted by atomic mass is 10.2. The number of hydrogen-bond donors (Lipinski definition) is 0. The second kappa shape index (κ2) is 3.67. The quantitative estimate of drug-likeness (QED) is 0.521. The van der Waals surface area contributed by atoms with Crippen LogP contribution in [0.15, 0.2) is 0 Å². The number of hydrogen-bond acceptors (Lipinski definition) is 0. The van der Waals surface area contributed by atoms with Crippen molar-refractivity contribution in [2.75, 3.05) is 0 Å². The molecule has 0 aromatic rings. The zero-order valence-electron chi connectivity index (χ0n) is 11.5. The van der Waals surface area contributed by atoms with Crippen molar-refractivity contribution in [2.45, 2.75) is 76.6 Å². The molecule has 0 aliphatic rings. The third-order valence-corrected chi connectivity index (χ3v) is 15.1. The first-order valence-corrected chi connectivity index (χ1v) is 8.46. The Hall–Kier alpha value is 0.780. The van der Waals surface area contributed by atoms with Gasteiger partial charge in [-0.3, -0.25) is 0 Å². The second-order valence-electron chi connectivity index (χ2n) is 7.00. The summed E-state index contributed by atoms with van der Waals surface area (Å²) in [5, 5.41) is 0. The van der Waals surface area contributed by atoms with Crippen LogP contribution in [0.5, 0.6) is 0 Å². The van der Waals surface area contributed by atoms with Crippen LogP contribution in [0.3, 0.4) is 0 Å². The van der Waals surface area contributed by atoms with E-state index in [2.05, 4.69) is 70.8 Å².